The van der Waals surface area contributed by atoms with Crippen LogP contribution in [-0.2, 0) is 29.6 Å². The fourth-order valence-electron chi connectivity index (χ4n) is 5.55. The largest absolute Gasteiger partial charge is 0.481 e. The number of nitrogens with zero attached hydrogens (tertiary/aromatic N) is 1. The van der Waals surface area contributed by atoms with Crippen LogP contribution in [0.1, 0.15) is 44.1 Å². The molecule has 0 aromatic heterocycles. The number of carboxylic acids is 1. The van der Waals surface area contributed by atoms with Gasteiger partial charge in [-0.05, 0) is 42.9 Å². The average Bonchev–Trinajstić information content (AvgIpc) is 3.14. The number of amides is 1. The van der Waals surface area contributed by atoms with Gasteiger partial charge in [0.15, 0.2) is 9.84 Å². The Morgan fingerprint density at radius 2 is 1.80 bits per heavy atom. The minimum absolute atomic E-state index is 0.0238. The number of hydrogen-bond donors (Lipinski definition) is 1. The van der Waals surface area contributed by atoms with Gasteiger partial charge in [-0.3, -0.25) is 9.59 Å². The van der Waals surface area contributed by atoms with Gasteiger partial charge in [-0.1, -0.05) is 31.4 Å². The first-order valence-electron chi connectivity index (χ1n) is 10.6. The molecule has 3 fully saturated rings. The van der Waals surface area contributed by atoms with Gasteiger partial charge in [-0.25, -0.2) is 8.42 Å². The summed E-state index contributed by atoms with van der Waals surface area (Å²) in [4.78, 5) is 28.0. The van der Waals surface area contributed by atoms with Crippen LogP contribution in [0.25, 0.3) is 0 Å². The number of hydrogen-bond acceptors (Lipinski definition) is 5. The van der Waals surface area contributed by atoms with Crippen LogP contribution in [0.3, 0.4) is 0 Å². The van der Waals surface area contributed by atoms with Gasteiger partial charge in [0.2, 0.25) is 5.91 Å². The number of sulfone groups is 1. The maximum absolute atomic E-state index is 13.9. The topological polar surface area (TPSA) is 101 Å². The van der Waals surface area contributed by atoms with E-state index in [9.17, 15) is 23.1 Å². The van der Waals surface area contributed by atoms with E-state index >= 15 is 0 Å². The van der Waals surface area contributed by atoms with E-state index in [0.29, 0.717) is 32.4 Å². The van der Waals surface area contributed by atoms with E-state index in [2.05, 4.69) is 0 Å². The summed E-state index contributed by atoms with van der Waals surface area (Å²) in [5, 5.41) is 9.92. The molecule has 4 rings (SSSR count). The number of aliphatic carboxylic acids is 1. The number of benzene rings is 1. The zero-order valence-corrected chi connectivity index (χ0v) is 18.1. The Kier molecular flexibility index (Phi) is 5.43. The van der Waals surface area contributed by atoms with Gasteiger partial charge in [-0.15, -0.1) is 0 Å². The molecule has 0 radical (unpaired) electrons. The summed E-state index contributed by atoms with van der Waals surface area (Å²) in [6.07, 6.45) is 6.11. The number of ether oxygens (including phenoxy) is 1. The average molecular weight is 436 g/mol. The first-order chi connectivity index (χ1) is 14.2. The molecule has 2 heterocycles. The monoisotopic (exact) mass is 435 g/mol. The van der Waals surface area contributed by atoms with Gasteiger partial charge in [0, 0.05) is 26.0 Å². The van der Waals surface area contributed by atoms with E-state index in [4.69, 9.17) is 4.74 Å². The van der Waals surface area contributed by atoms with Crippen molar-refractivity contribution in [2.45, 2.75) is 48.8 Å². The van der Waals surface area contributed by atoms with Crippen LogP contribution < -0.4 is 0 Å². The maximum atomic E-state index is 13.9. The molecule has 3 aliphatic rings. The van der Waals surface area contributed by atoms with Gasteiger partial charge < -0.3 is 14.7 Å². The molecule has 1 aromatic rings. The highest BCUT2D eigenvalue weighted by Gasteiger charge is 2.57. The third-order valence-electron chi connectivity index (χ3n) is 7.33. The van der Waals surface area contributed by atoms with Gasteiger partial charge >= 0.3 is 5.97 Å². The highest BCUT2D eigenvalue weighted by molar-refractivity contribution is 7.90. The van der Waals surface area contributed by atoms with Crippen molar-refractivity contribution in [3.63, 3.8) is 0 Å². The standard InChI is InChI=1S/C22H29NO6S/c1-30(27,28)18-7-5-16(6-8-18)21(10-3-2-4-11-21)19(24)23-13-17-9-12-29-15-22(17,14-23)20(25)26/h5-8,17H,2-4,9-15H2,1H3,(H,25,26)/t17-,22+/m0/s1. The number of fused-ring (bicyclic) bond motifs is 1. The molecule has 0 spiro atoms. The van der Waals surface area contributed by atoms with E-state index in [0.717, 1.165) is 24.8 Å². The lowest BCUT2D eigenvalue weighted by atomic mass is 9.68. The summed E-state index contributed by atoms with van der Waals surface area (Å²) in [6.45, 7) is 1.29. The van der Waals surface area contributed by atoms with E-state index in [1.54, 1.807) is 29.2 Å². The van der Waals surface area contributed by atoms with Crippen LogP contribution in [-0.4, -0.2) is 62.9 Å². The number of carboxylic acid groups (broad SMARTS) is 1. The lowest BCUT2D eigenvalue weighted by molar-refractivity contribution is -0.160. The first-order valence-corrected chi connectivity index (χ1v) is 12.5. The summed E-state index contributed by atoms with van der Waals surface area (Å²) >= 11 is 0. The lowest BCUT2D eigenvalue weighted by Crippen LogP contribution is -2.49. The molecule has 164 valence electrons. The molecule has 7 nitrogen and oxygen atoms in total. The van der Waals surface area contributed by atoms with Crippen molar-refractivity contribution >= 4 is 21.7 Å². The molecular formula is C22H29NO6S. The highest BCUT2D eigenvalue weighted by atomic mass is 32.2. The molecule has 1 amide bonds. The van der Waals surface area contributed by atoms with Crippen LogP contribution in [0.2, 0.25) is 0 Å². The van der Waals surface area contributed by atoms with Gasteiger partial charge in [0.05, 0.1) is 16.9 Å². The molecule has 2 aliphatic heterocycles. The first kappa shape index (κ1) is 21.3. The number of likely N-dealkylation sites (tertiary alicyclic amines) is 1. The minimum atomic E-state index is -3.31. The second-order valence-corrected chi connectivity index (χ2v) is 11.1. The van der Waals surface area contributed by atoms with E-state index in [-0.39, 0.29) is 29.9 Å². The Morgan fingerprint density at radius 1 is 1.13 bits per heavy atom. The van der Waals surface area contributed by atoms with Crippen molar-refractivity contribution in [2.24, 2.45) is 11.3 Å². The molecular weight excluding hydrogens is 406 g/mol. The number of carbonyl (C=O) groups is 2. The third kappa shape index (κ3) is 3.43. The molecule has 1 N–H and O–H groups in total. The second kappa shape index (κ2) is 7.64. The van der Waals surface area contributed by atoms with E-state index in [1.807, 2.05) is 0 Å². The quantitative estimate of drug-likeness (QED) is 0.778. The van der Waals surface area contributed by atoms with Crippen molar-refractivity contribution < 1.29 is 27.9 Å². The Bertz CT molecular complexity index is 935. The molecule has 30 heavy (non-hydrogen) atoms. The van der Waals surface area contributed by atoms with Crippen molar-refractivity contribution in [2.75, 3.05) is 32.6 Å². The predicted molar refractivity (Wildman–Crippen MR) is 110 cm³/mol. The fourth-order valence-corrected chi connectivity index (χ4v) is 6.18. The second-order valence-electron chi connectivity index (χ2n) is 9.12. The summed E-state index contributed by atoms with van der Waals surface area (Å²) < 4.78 is 29.2. The summed E-state index contributed by atoms with van der Waals surface area (Å²) in [6, 6.07) is 6.67. The predicted octanol–water partition coefficient (Wildman–Crippen LogP) is 2.24. The van der Waals surface area contributed by atoms with Gasteiger partial charge in [0.25, 0.3) is 0 Å². The van der Waals surface area contributed by atoms with Crippen LogP contribution in [0, 0.1) is 11.3 Å². The summed E-state index contributed by atoms with van der Waals surface area (Å²) in [7, 11) is -3.31. The van der Waals surface area contributed by atoms with Crippen molar-refractivity contribution in [3.05, 3.63) is 29.8 Å². The number of carbonyl (C=O) groups excluding carboxylic acids is 1. The van der Waals surface area contributed by atoms with Crippen LogP contribution in [0.4, 0.5) is 0 Å². The molecule has 1 aliphatic carbocycles. The Balaban J connectivity index is 1.67. The lowest BCUT2D eigenvalue weighted by Gasteiger charge is -2.39. The van der Waals surface area contributed by atoms with E-state index < -0.39 is 26.6 Å². The van der Waals surface area contributed by atoms with Crippen LogP contribution >= 0.6 is 0 Å². The van der Waals surface area contributed by atoms with Crippen molar-refractivity contribution in [1.29, 1.82) is 0 Å². The fraction of sp³-hybridized carbons (Fsp3) is 0.636. The Morgan fingerprint density at radius 3 is 2.37 bits per heavy atom. The highest BCUT2D eigenvalue weighted by Crippen LogP contribution is 2.46. The van der Waals surface area contributed by atoms with Crippen LogP contribution in [0.5, 0.6) is 0 Å². The minimum Gasteiger partial charge on any atom is -0.481 e. The molecule has 1 aromatic carbocycles. The normalized spacial score (nSPS) is 28.7. The molecule has 0 bridgehead atoms. The maximum Gasteiger partial charge on any atom is 0.314 e. The Hall–Kier alpha value is -1.93. The van der Waals surface area contributed by atoms with Crippen molar-refractivity contribution in [3.8, 4) is 0 Å². The van der Waals surface area contributed by atoms with E-state index in [1.165, 1.54) is 6.26 Å². The Labute approximate surface area is 177 Å². The molecule has 2 atom stereocenters. The van der Waals surface area contributed by atoms with Gasteiger partial charge in [0.1, 0.15) is 5.41 Å². The molecule has 1 saturated carbocycles. The zero-order chi connectivity index (χ0) is 21.6. The van der Waals surface area contributed by atoms with Crippen LogP contribution in [0.15, 0.2) is 29.2 Å². The molecule has 2 saturated heterocycles. The smallest absolute Gasteiger partial charge is 0.314 e. The molecule has 8 heteroatoms. The zero-order valence-electron chi connectivity index (χ0n) is 17.3. The third-order valence-corrected chi connectivity index (χ3v) is 8.46. The van der Waals surface area contributed by atoms with Crippen molar-refractivity contribution in [1.82, 2.24) is 4.90 Å². The van der Waals surface area contributed by atoms with Gasteiger partial charge in [-0.2, -0.15) is 0 Å². The summed E-state index contributed by atoms with van der Waals surface area (Å²) in [5.41, 5.74) is -0.915. The SMILES string of the molecule is CS(=O)(=O)c1ccc(C2(C(=O)N3C[C@@H]4CCOC[C@]4(C(=O)O)C3)CCCCC2)cc1. The number of rotatable bonds is 4. The summed E-state index contributed by atoms with van der Waals surface area (Å²) in [5.74, 6) is -1.01. The molecule has 0 unspecified atom stereocenters.